The van der Waals surface area contributed by atoms with Gasteiger partial charge < -0.3 is 5.73 Å². The van der Waals surface area contributed by atoms with Gasteiger partial charge in [0.25, 0.3) is 0 Å². The van der Waals surface area contributed by atoms with Crippen LogP contribution in [0.3, 0.4) is 0 Å². The summed E-state index contributed by atoms with van der Waals surface area (Å²) in [7, 11) is 0. The van der Waals surface area contributed by atoms with Gasteiger partial charge in [0, 0.05) is 11.1 Å². The zero-order valence-electron chi connectivity index (χ0n) is 9.43. The van der Waals surface area contributed by atoms with Crippen molar-refractivity contribution in [1.29, 1.82) is 0 Å². The van der Waals surface area contributed by atoms with E-state index in [0.717, 1.165) is 18.1 Å². The molecule has 0 saturated carbocycles. The molecule has 0 spiro atoms. The van der Waals surface area contributed by atoms with Gasteiger partial charge in [0.2, 0.25) is 0 Å². The molecule has 0 bridgehead atoms. The van der Waals surface area contributed by atoms with Gasteiger partial charge in [0.05, 0.1) is 5.69 Å². The number of hydrogen-bond acceptors (Lipinski definition) is 2. The predicted octanol–water partition coefficient (Wildman–Crippen LogP) is 2.89. The Morgan fingerprint density at radius 2 is 2.12 bits per heavy atom. The molecule has 0 aliphatic carbocycles. The molecule has 0 fully saturated rings. The standard InChI is InChI=1S/C12H13F2N3/c1-2-4-8-11(16-17-12(8)15)7-5-3-6-9(13)10(7)14/h3,5-6H,2,4H2,1H3,(H3,15,16,17). The third-order valence-electron chi connectivity index (χ3n) is 2.62. The van der Waals surface area contributed by atoms with E-state index in [2.05, 4.69) is 10.2 Å². The normalized spacial score (nSPS) is 10.8. The lowest BCUT2D eigenvalue weighted by atomic mass is 10.0. The monoisotopic (exact) mass is 237 g/mol. The minimum atomic E-state index is -0.881. The molecule has 1 aromatic heterocycles. The minimum absolute atomic E-state index is 0.164. The van der Waals surface area contributed by atoms with E-state index < -0.39 is 11.6 Å². The van der Waals surface area contributed by atoms with E-state index in [1.165, 1.54) is 12.1 Å². The van der Waals surface area contributed by atoms with E-state index in [1.807, 2.05) is 6.92 Å². The molecule has 1 aromatic carbocycles. The SMILES string of the molecule is CCCc1c(N)n[nH]c1-c1cccc(F)c1F. The smallest absolute Gasteiger partial charge is 0.168 e. The highest BCUT2D eigenvalue weighted by Crippen LogP contribution is 2.29. The third-order valence-corrected chi connectivity index (χ3v) is 2.62. The number of aromatic amines is 1. The number of hydrogen-bond donors (Lipinski definition) is 2. The first-order valence-corrected chi connectivity index (χ1v) is 5.42. The summed E-state index contributed by atoms with van der Waals surface area (Å²) in [5, 5.41) is 6.51. The highest BCUT2D eigenvalue weighted by Gasteiger charge is 2.17. The zero-order chi connectivity index (χ0) is 12.4. The van der Waals surface area contributed by atoms with Crippen molar-refractivity contribution in [2.24, 2.45) is 0 Å². The average molecular weight is 237 g/mol. The van der Waals surface area contributed by atoms with Gasteiger partial charge >= 0.3 is 0 Å². The summed E-state index contributed by atoms with van der Waals surface area (Å²) in [5.41, 5.74) is 7.05. The molecular weight excluding hydrogens is 224 g/mol. The quantitative estimate of drug-likeness (QED) is 0.862. The van der Waals surface area contributed by atoms with Crippen molar-refractivity contribution < 1.29 is 8.78 Å². The molecular formula is C12H13F2N3. The summed E-state index contributed by atoms with van der Waals surface area (Å²) >= 11 is 0. The van der Waals surface area contributed by atoms with Crippen LogP contribution in [0.25, 0.3) is 11.3 Å². The van der Waals surface area contributed by atoms with E-state index in [0.29, 0.717) is 17.9 Å². The summed E-state index contributed by atoms with van der Waals surface area (Å²) in [4.78, 5) is 0. The van der Waals surface area contributed by atoms with Gasteiger partial charge in [-0.3, -0.25) is 5.10 Å². The zero-order valence-corrected chi connectivity index (χ0v) is 9.43. The summed E-state index contributed by atoms with van der Waals surface area (Å²) in [6.45, 7) is 1.98. The Hall–Kier alpha value is -1.91. The van der Waals surface area contributed by atoms with Crippen molar-refractivity contribution in [1.82, 2.24) is 10.2 Å². The van der Waals surface area contributed by atoms with E-state index in [9.17, 15) is 8.78 Å². The largest absolute Gasteiger partial charge is 0.382 e. The lowest BCUT2D eigenvalue weighted by Gasteiger charge is -2.04. The van der Waals surface area contributed by atoms with Gasteiger partial charge in [-0.1, -0.05) is 19.4 Å². The van der Waals surface area contributed by atoms with Crippen molar-refractivity contribution in [2.45, 2.75) is 19.8 Å². The van der Waals surface area contributed by atoms with E-state index in [4.69, 9.17) is 5.73 Å². The summed E-state index contributed by atoms with van der Waals surface area (Å²) in [6, 6.07) is 4.04. The van der Waals surface area contributed by atoms with E-state index >= 15 is 0 Å². The summed E-state index contributed by atoms with van der Waals surface area (Å²) < 4.78 is 26.8. The molecule has 0 atom stereocenters. The fourth-order valence-corrected chi connectivity index (χ4v) is 1.80. The molecule has 3 nitrogen and oxygen atoms in total. The van der Waals surface area contributed by atoms with Gasteiger partial charge in [-0.05, 0) is 18.6 Å². The lowest BCUT2D eigenvalue weighted by molar-refractivity contribution is 0.511. The molecule has 5 heteroatoms. The second-order valence-corrected chi connectivity index (χ2v) is 3.81. The molecule has 1 heterocycles. The van der Waals surface area contributed by atoms with Crippen LogP contribution < -0.4 is 5.73 Å². The van der Waals surface area contributed by atoms with Crippen LogP contribution >= 0.6 is 0 Å². The number of benzene rings is 1. The third kappa shape index (κ3) is 2.00. The Balaban J connectivity index is 2.56. The molecule has 0 aliphatic heterocycles. The van der Waals surface area contributed by atoms with Crippen LogP contribution in [-0.2, 0) is 6.42 Å². The Bertz CT molecular complexity index is 535. The Morgan fingerprint density at radius 3 is 2.82 bits per heavy atom. The Morgan fingerprint density at radius 1 is 1.35 bits per heavy atom. The van der Waals surface area contributed by atoms with Crippen LogP contribution in [0, 0.1) is 11.6 Å². The van der Waals surface area contributed by atoms with Crippen LogP contribution in [0.2, 0.25) is 0 Å². The van der Waals surface area contributed by atoms with Gasteiger partial charge in [0.15, 0.2) is 11.6 Å². The second kappa shape index (κ2) is 4.53. The van der Waals surface area contributed by atoms with Gasteiger partial charge in [0.1, 0.15) is 5.82 Å². The maximum atomic E-state index is 13.7. The van der Waals surface area contributed by atoms with Gasteiger partial charge in [-0.15, -0.1) is 0 Å². The molecule has 0 amide bonds. The number of rotatable bonds is 3. The maximum Gasteiger partial charge on any atom is 0.168 e. The first kappa shape index (κ1) is 11.6. The van der Waals surface area contributed by atoms with Gasteiger partial charge in [-0.2, -0.15) is 5.10 Å². The Kier molecular flexibility index (Phi) is 3.08. The number of nitrogens with two attached hydrogens (primary N) is 1. The fourth-order valence-electron chi connectivity index (χ4n) is 1.80. The van der Waals surface area contributed by atoms with Crippen LogP contribution in [0.1, 0.15) is 18.9 Å². The minimum Gasteiger partial charge on any atom is -0.382 e. The van der Waals surface area contributed by atoms with Crippen molar-refractivity contribution in [3.8, 4) is 11.3 Å². The topological polar surface area (TPSA) is 54.7 Å². The molecule has 2 rings (SSSR count). The number of nitrogens with one attached hydrogen (secondary N) is 1. The van der Waals surface area contributed by atoms with Crippen LogP contribution in [0.5, 0.6) is 0 Å². The summed E-state index contributed by atoms with van der Waals surface area (Å²) in [6.07, 6.45) is 1.53. The number of H-pyrrole nitrogens is 1. The second-order valence-electron chi connectivity index (χ2n) is 3.81. The average Bonchev–Trinajstić information content (AvgIpc) is 2.66. The van der Waals surface area contributed by atoms with Crippen molar-refractivity contribution >= 4 is 5.82 Å². The van der Waals surface area contributed by atoms with Crippen LogP contribution in [0.4, 0.5) is 14.6 Å². The molecule has 2 aromatic rings. The molecule has 0 unspecified atom stereocenters. The first-order valence-electron chi connectivity index (χ1n) is 5.42. The van der Waals surface area contributed by atoms with E-state index in [1.54, 1.807) is 0 Å². The molecule has 17 heavy (non-hydrogen) atoms. The number of anilines is 1. The summed E-state index contributed by atoms with van der Waals surface area (Å²) in [5.74, 6) is -1.42. The number of aromatic nitrogens is 2. The van der Waals surface area contributed by atoms with Crippen molar-refractivity contribution in [3.63, 3.8) is 0 Å². The highest BCUT2D eigenvalue weighted by molar-refractivity contribution is 5.68. The predicted molar refractivity (Wildman–Crippen MR) is 62.3 cm³/mol. The fraction of sp³-hybridized carbons (Fsp3) is 0.250. The van der Waals surface area contributed by atoms with Crippen LogP contribution in [0.15, 0.2) is 18.2 Å². The van der Waals surface area contributed by atoms with Crippen molar-refractivity contribution in [2.75, 3.05) is 5.73 Å². The molecule has 0 radical (unpaired) electrons. The highest BCUT2D eigenvalue weighted by atomic mass is 19.2. The molecule has 0 saturated heterocycles. The van der Waals surface area contributed by atoms with Crippen molar-refractivity contribution in [3.05, 3.63) is 35.4 Å². The molecule has 90 valence electrons. The molecule has 3 N–H and O–H groups in total. The van der Waals surface area contributed by atoms with Gasteiger partial charge in [-0.25, -0.2) is 8.78 Å². The first-order chi connectivity index (χ1) is 8.15. The maximum absolute atomic E-state index is 13.7. The van der Waals surface area contributed by atoms with E-state index in [-0.39, 0.29) is 5.56 Å². The number of halogens is 2. The molecule has 0 aliphatic rings. The lowest BCUT2D eigenvalue weighted by Crippen LogP contribution is -1.95. The number of nitrogen functional groups attached to an aromatic ring is 1. The number of nitrogens with zero attached hydrogens (tertiary/aromatic N) is 1. The Labute approximate surface area is 97.7 Å². The van der Waals surface area contributed by atoms with Crippen LogP contribution in [-0.4, -0.2) is 10.2 Å².